The lowest BCUT2D eigenvalue weighted by atomic mass is 10.3. The van der Waals surface area contributed by atoms with Crippen molar-refractivity contribution in [2.45, 2.75) is 20.1 Å². The first-order valence-electron chi connectivity index (χ1n) is 5.39. The van der Waals surface area contributed by atoms with Gasteiger partial charge in [0.25, 0.3) is 0 Å². The van der Waals surface area contributed by atoms with Crippen LogP contribution in [0, 0.1) is 0 Å². The van der Waals surface area contributed by atoms with E-state index in [9.17, 15) is 0 Å². The molecule has 0 atom stereocenters. The van der Waals surface area contributed by atoms with Crippen LogP contribution in [0.25, 0.3) is 0 Å². The molecule has 0 bridgehead atoms. The third kappa shape index (κ3) is 3.00. The van der Waals surface area contributed by atoms with Crippen molar-refractivity contribution in [2.75, 3.05) is 5.73 Å². The highest BCUT2D eigenvalue weighted by molar-refractivity contribution is 9.10. The summed E-state index contributed by atoms with van der Waals surface area (Å²) in [5.41, 5.74) is 6.57. The van der Waals surface area contributed by atoms with Gasteiger partial charge < -0.3 is 15.0 Å². The van der Waals surface area contributed by atoms with Gasteiger partial charge in [0.1, 0.15) is 12.4 Å². The number of halogens is 1. The lowest BCUT2D eigenvalue weighted by molar-refractivity contribution is 0.302. The fraction of sp³-hybridized carbons (Fsp3) is 0.250. The normalized spacial score (nSPS) is 10.5. The van der Waals surface area contributed by atoms with Crippen LogP contribution in [0.15, 0.2) is 34.9 Å². The molecule has 1 heterocycles. The zero-order valence-corrected chi connectivity index (χ0v) is 11.1. The molecule has 4 nitrogen and oxygen atoms in total. The van der Waals surface area contributed by atoms with Crippen molar-refractivity contribution in [3.63, 3.8) is 0 Å². The predicted octanol–water partition coefficient (Wildman–Crippen LogP) is 2.83. The maximum absolute atomic E-state index is 5.73. The van der Waals surface area contributed by atoms with Crippen LogP contribution in [0.5, 0.6) is 5.75 Å². The molecule has 0 unspecified atom stereocenters. The Labute approximate surface area is 109 Å². The number of rotatable bonds is 4. The van der Waals surface area contributed by atoms with Crippen LogP contribution in [0.4, 0.5) is 5.95 Å². The number of anilines is 1. The Balaban J connectivity index is 1.99. The molecule has 0 aliphatic carbocycles. The van der Waals surface area contributed by atoms with Gasteiger partial charge in [-0.25, -0.2) is 4.98 Å². The van der Waals surface area contributed by atoms with Gasteiger partial charge in [-0.3, -0.25) is 0 Å². The van der Waals surface area contributed by atoms with E-state index in [0.717, 1.165) is 22.5 Å². The van der Waals surface area contributed by atoms with Crippen molar-refractivity contribution in [3.05, 3.63) is 40.6 Å². The Morgan fingerprint density at radius 3 is 2.65 bits per heavy atom. The Morgan fingerprint density at radius 2 is 2.06 bits per heavy atom. The Hall–Kier alpha value is -1.49. The fourth-order valence-electron chi connectivity index (χ4n) is 1.50. The summed E-state index contributed by atoms with van der Waals surface area (Å²) < 4.78 is 8.53. The Morgan fingerprint density at radius 1 is 1.35 bits per heavy atom. The summed E-state index contributed by atoms with van der Waals surface area (Å²) in [5, 5.41) is 0. The number of nitrogen functional groups attached to an aromatic ring is 1. The van der Waals surface area contributed by atoms with Gasteiger partial charge in [0.15, 0.2) is 5.95 Å². The van der Waals surface area contributed by atoms with Crippen LogP contribution in [0.3, 0.4) is 0 Å². The number of nitrogens with two attached hydrogens (primary N) is 1. The minimum Gasteiger partial charge on any atom is -0.487 e. The summed E-state index contributed by atoms with van der Waals surface area (Å²) >= 11 is 3.38. The standard InChI is InChI=1S/C12H14BrN3O/c1-2-16-7-10(15-12(16)14)8-17-11-5-3-9(13)4-6-11/h3-7H,2,8H2,1H3,(H2,14,15). The number of ether oxygens (including phenoxy) is 1. The van der Waals surface area contributed by atoms with Gasteiger partial charge in [0, 0.05) is 17.2 Å². The molecule has 2 N–H and O–H groups in total. The van der Waals surface area contributed by atoms with Crippen molar-refractivity contribution in [3.8, 4) is 5.75 Å². The van der Waals surface area contributed by atoms with E-state index in [4.69, 9.17) is 10.5 Å². The van der Waals surface area contributed by atoms with Crippen LogP contribution in [-0.2, 0) is 13.2 Å². The molecule has 5 heteroatoms. The Kier molecular flexibility index (Phi) is 3.68. The van der Waals surface area contributed by atoms with Crippen molar-refractivity contribution in [2.24, 2.45) is 0 Å². The van der Waals surface area contributed by atoms with E-state index in [1.807, 2.05) is 42.0 Å². The van der Waals surface area contributed by atoms with E-state index in [1.54, 1.807) is 0 Å². The van der Waals surface area contributed by atoms with Gasteiger partial charge in [-0.05, 0) is 31.2 Å². The molecule has 17 heavy (non-hydrogen) atoms. The smallest absolute Gasteiger partial charge is 0.200 e. The number of aromatic nitrogens is 2. The van der Waals surface area contributed by atoms with Crippen molar-refractivity contribution >= 4 is 21.9 Å². The maximum Gasteiger partial charge on any atom is 0.200 e. The van der Waals surface area contributed by atoms with E-state index in [1.165, 1.54) is 0 Å². The molecule has 1 aromatic heterocycles. The molecule has 0 fully saturated rings. The van der Waals surface area contributed by atoms with Gasteiger partial charge in [-0.2, -0.15) is 0 Å². The second-order valence-corrected chi connectivity index (χ2v) is 4.53. The number of aryl methyl sites for hydroxylation is 1. The maximum atomic E-state index is 5.73. The van der Waals surface area contributed by atoms with E-state index in [-0.39, 0.29) is 0 Å². The molecule has 0 spiro atoms. The summed E-state index contributed by atoms with van der Waals surface area (Å²) in [5.74, 6) is 1.35. The molecule has 0 saturated carbocycles. The van der Waals surface area contributed by atoms with Gasteiger partial charge in [0.2, 0.25) is 0 Å². The monoisotopic (exact) mass is 295 g/mol. The SMILES string of the molecule is CCn1cc(COc2ccc(Br)cc2)nc1N. The fourth-order valence-corrected chi connectivity index (χ4v) is 1.76. The number of hydrogen-bond donors (Lipinski definition) is 1. The number of imidazole rings is 1. The van der Waals surface area contributed by atoms with E-state index in [0.29, 0.717) is 12.6 Å². The highest BCUT2D eigenvalue weighted by Gasteiger charge is 2.04. The third-order valence-electron chi connectivity index (χ3n) is 2.40. The first-order valence-corrected chi connectivity index (χ1v) is 6.18. The topological polar surface area (TPSA) is 53.1 Å². The van der Waals surface area contributed by atoms with Crippen molar-refractivity contribution in [1.29, 1.82) is 0 Å². The molecule has 0 radical (unpaired) electrons. The second kappa shape index (κ2) is 5.23. The molecule has 0 amide bonds. The Bertz CT molecular complexity index is 493. The first kappa shape index (κ1) is 12.0. The average molecular weight is 296 g/mol. The van der Waals surface area contributed by atoms with E-state index in [2.05, 4.69) is 20.9 Å². The quantitative estimate of drug-likeness (QED) is 0.944. The van der Waals surface area contributed by atoms with Crippen LogP contribution < -0.4 is 10.5 Å². The molecule has 2 aromatic rings. The lowest BCUT2D eigenvalue weighted by Gasteiger charge is -2.03. The number of hydrogen-bond acceptors (Lipinski definition) is 3. The first-order chi connectivity index (χ1) is 8.19. The lowest BCUT2D eigenvalue weighted by Crippen LogP contribution is -1.98. The van der Waals surface area contributed by atoms with Gasteiger partial charge in [-0.15, -0.1) is 0 Å². The highest BCUT2D eigenvalue weighted by atomic mass is 79.9. The summed E-state index contributed by atoms with van der Waals surface area (Å²) in [6.45, 7) is 3.27. The molecular formula is C12H14BrN3O. The van der Waals surface area contributed by atoms with Gasteiger partial charge >= 0.3 is 0 Å². The van der Waals surface area contributed by atoms with Crippen molar-refractivity contribution in [1.82, 2.24) is 9.55 Å². The second-order valence-electron chi connectivity index (χ2n) is 3.62. The minimum atomic E-state index is 0.429. The molecule has 0 aliphatic heterocycles. The summed E-state index contributed by atoms with van der Waals surface area (Å²) in [4.78, 5) is 4.22. The highest BCUT2D eigenvalue weighted by Crippen LogP contribution is 2.17. The molecular weight excluding hydrogens is 282 g/mol. The summed E-state index contributed by atoms with van der Waals surface area (Å²) in [6, 6.07) is 7.69. The summed E-state index contributed by atoms with van der Waals surface area (Å²) in [6.07, 6.45) is 1.91. The largest absolute Gasteiger partial charge is 0.487 e. The van der Waals surface area contributed by atoms with Crippen LogP contribution in [-0.4, -0.2) is 9.55 Å². The zero-order valence-electron chi connectivity index (χ0n) is 9.56. The molecule has 2 rings (SSSR count). The van der Waals surface area contributed by atoms with E-state index < -0.39 is 0 Å². The molecule has 1 aromatic carbocycles. The minimum absolute atomic E-state index is 0.429. The van der Waals surface area contributed by atoms with Gasteiger partial charge in [0.05, 0.1) is 5.69 Å². The zero-order chi connectivity index (χ0) is 12.3. The predicted molar refractivity (Wildman–Crippen MR) is 70.8 cm³/mol. The molecule has 0 aliphatic rings. The van der Waals surface area contributed by atoms with Crippen LogP contribution in [0.2, 0.25) is 0 Å². The van der Waals surface area contributed by atoms with E-state index >= 15 is 0 Å². The third-order valence-corrected chi connectivity index (χ3v) is 2.93. The van der Waals surface area contributed by atoms with Crippen LogP contribution >= 0.6 is 15.9 Å². The summed E-state index contributed by atoms with van der Waals surface area (Å²) in [7, 11) is 0. The number of benzene rings is 1. The van der Waals surface area contributed by atoms with Crippen LogP contribution in [0.1, 0.15) is 12.6 Å². The molecule has 0 saturated heterocycles. The number of nitrogens with zero attached hydrogens (tertiary/aromatic N) is 2. The average Bonchev–Trinajstić information content (AvgIpc) is 2.69. The van der Waals surface area contributed by atoms with Crippen molar-refractivity contribution < 1.29 is 4.74 Å². The molecule has 90 valence electrons. The van der Waals surface area contributed by atoms with Gasteiger partial charge in [-0.1, -0.05) is 15.9 Å².